The second-order valence-electron chi connectivity index (χ2n) is 6.42. The fourth-order valence-electron chi connectivity index (χ4n) is 3.06. The van der Waals surface area contributed by atoms with Crippen molar-refractivity contribution in [1.29, 1.82) is 0 Å². The van der Waals surface area contributed by atoms with Gasteiger partial charge in [0.2, 0.25) is 11.9 Å². The van der Waals surface area contributed by atoms with Gasteiger partial charge in [0.15, 0.2) is 0 Å². The Balaban J connectivity index is 1.42. The summed E-state index contributed by atoms with van der Waals surface area (Å²) in [4.78, 5) is 25.2. The monoisotopic (exact) mass is 357 g/mol. The molecule has 1 saturated heterocycles. The first-order valence-electron chi connectivity index (χ1n) is 8.91. The molecule has 2 heterocycles. The van der Waals surface area contributed by atoms with Gasteiger partial charge in [0.1, 0.15) is 5.82 Å². The summed E-state index contributed by atoms with van der Waals surface area (Å²) in [6.07, 6.45) is 4.18. The lowest BCUT2D eigenvalue weighted by molar-refractivity contribution is -0.125. The van der Waals surface area contributed by atoms with Crippen LogP contribution >= 0.6 is 0 Å². The number of hydrogen-bond acceptors (Lipinski definition) is 5. The molecule has 0 saturated carbocycles. The number of rotatable bonds is 6. The predicted molar refractivity (Wildman–Crippen MR) is 98.4 cm³/mol. The molecule has 26 heavy (non-hydrogen) atoms. The van der Waals surface area contributed by atoms with Crippen molar-refractivity contribution >= 4 is 11.9 Å². The largest absolute Gasteiger partial charge is 0.354 e. The molecule has 1 fully saturated rings. The van der Waals surface area contributed by atoms with Crippen molar-refractivity contribution in [2.75, 3.05) is 37.6 Å². The summed E-state index contributed by atoms with van der Waals surface area (Å²) in [6.45, 7) is 5.68. The molecular formula is C19H24FN5O. The highest BCUT2D eigenvalue weighted by molar-refractivity contribution is 5.81. The Morgan fingerprint density at radius 2 is 1.81 bits per heavy atom. The molecule has 1 aromatic carbocycles. The van der Waals surface area contributed by atoms with Crippen LogP contribution in [0.1, 0.15) is 12.5 Å². The average Bonchev–Trinajstić information content (AvgIpc) is 2.69. The van der Waals surface area contributed by atoms with Crippen LogP contribution in [-0.4, -0.2) is 59.5 Å². The molecule has 1 amide bonds. The van der Waals surface area contributed by atoms with Gasteiger partial charge in [-0.3, -0.25) is 9.69 Å². The van der Waals surface area contributed by atoms with Crippen LogP contribution in [0, 0.1) is 5.82 Å². The summed E-state index contributed by atoms with van der Waals surface area (Å²) in [7, 11) is 0. The number of benzene rings is 1. The second-order valence-corrected chi connectivity index (χ2v) is 6.42. The Morgan fingerprint density at radius 3 is 2.46 bits per heavy atom. The zero-order chi connectivity index (χ0) is 18.4. The lowest BCUT2D eigenvalue weighted by Gasteiger charge is -2.37. The molecule has 1 aromatic heterocycles. The SMILES string of the molecule is C[C@H](C(=O)NCCc1ccc(F)cc1)N1CCN(c2ncccn2)CC1. The summed E-state index contributed by atoms with van der Waals surface area (Å²) >= 11 is 0. The first-order chi connectivity index (χ1) is 12.6. The lowest BCUT2D eigenvalue weighted by Crippen LogP contribution is -2.54. The molecular weight excluding hydrogens is 333 g/mol. The first kappa shape index (κ1) is 18.3. The molecule has 0 radical (unpaired) electrons. The second kappa shape index (κ2) is 8.71. The third-order valence-corrected chi connectivity index (χ3v) is 4.70. The maximum atomic E-state index is 12.9. The normalized spacial score (nSPS) is 16.3. The maximum Gasteiger partial charge on any atom is 0.237 e. The standard InChI is InChI=1S/C19H24FN5O/c1-15(18(26)21-10-7-16-3-5-17(20)6-4-16)24-11-13-25(14-12-24)19-22-8-2-9-23-19/h2-6,8-9,15H,7,10-14H2,1H3,(H,21,26)/t15-/m1/s1. The Labute approximate surface area is 153 Å². The molecule has 3 rings (SSSR count). The van der Waals surface area contributed by atoms with Gasteiger partial charge in [-0.1, -0.05) is 12.1 Å². The van der Waals surface area contributed by atoms with Crippen molar-refractivity contribution < 1.29 is 9.18 Å². The van der Waals surface area contributed by atoms with Gasteiger partial charge in [0, 0.05) is 45.1 Å². The van der Waals surface area contributed by atoms with E-state index in [0.29, 0.717) is 13.0 Å². The zero-order valence-corrected chi connectivity index (χ0v) is 14.9. The Morgan fingerprint density at radius 1 is 1.15 bits per heavy atom. The van der Waals surface area contributed by atoms with Crippen molar-refractivity contribution in [3.63, 3.8) is 0 Å². The number of carbonyl (C=O) groups is 1. The Hall–Kier alpha value is -2.54. The Bertz CT molecular complexity index is 702. The molecule has 0 aliphatic carbocycles. The summed E-state index contributed by atoms with van der Waals surface area (Å²) < 4.78 is 12.9. The van der Waals surface area contributed by atoms with Crippen LogP contribution in [0.2, 0.25) is 0 Å². The van der Waals surface area contributed by atoms with Gasteiger partial charge in [-0.25, -0.2) is 14.4 Å². The molecule has 138 valence electrons. The molecule has 1 aliphatic rings. The van der Waals surface area contributed by atoms with E-state index in [1.54, 1.807) is 30.6 Å². The predicted octanol–water partition coefficient (Wildman–Crippen LogP) is 1.49. The quantitative estimate of drug-likeness (QED) is 0.849. The molecule has 0 bridgehead atoms. The van der Waals surface area contributed by atoms with Crippen LogP contribution in [-0.2, 0) is 11.2 Å². The molecule has 1 atom stereocenters. The molecule has 0 unspecified atom stereocenters. The number of halogens is 1. The van der Waals surface area contributed by atoms with Crippen LogP contribution in [0.5, 0.6) is 0 Å². The third kappa shape index (κ3) is 4.76. The minimum absolute atomic E-state index is 0.0246. The lowest BCUT2D eigenvalue weighted by atomic mass is 10.1. The van der Waals surface area contributed by atoms with Crippen LogP contribution < -0.4 is 10.2 Å². The minimum atomic E-state index is -0.244. The topological polar surface area (TPSA) is 61.4 Å². The van der Waals surface area contributed by atoms with Crippen LogP contribution in [0.4, 0.5) is 10.3 Å². The molecule has 0 spiro atoms. The van der Waals surface area contributed by atoms with E-state index in [9.17, 15) is 9.18 Å². The van der Waals surface area contributed by atoms with E-state index in [0.717, 1.165) is 37.7 Å². The third-order valence-electron chi connectivity index (χ3n) is 4.70. The van der Waals surface area contributed by atoms with Crippen molar-refractivity contribution in [3.05, 3.63) is 54.1 Å². The summed E-state index contributed by atoms with van der Waals surface area (Å²) in [5.74, 6) is 0.520. The number of aromatic nitrogens is 2. The van der Waals surface area contributed by atoms with E-state index in [2.05, 4.69) is 25.1 Å². The highest BCUT2D eigenvalue weighted by Gasteiger charge is 2.26. The van der Waals surface area contributed by atoms with Crippen LogP contribution in [0.15, 0.2) is 42.7 Å². The van der Waals surface area contributed by atoms with E-state index in [4.69, 9.17) is 0 Å². The van der Waals surface area contributed by atoms with Crippen molar-refractivity contribution in [2.24, 2.45) is 0 Å². The van der Waals surface area contributed by atoms with Gasteiger partial charge in [0.25, 0.3) is 0 Å². The molecule has 2 aromatic rings. The maximum absolute atomic E-state index is 12.9. The molecule has 6 nitrogen and oxygen atoms in total. The van der Waals surface area contributed by atoms with E-state index < -0.39 is 0 Å². The number of amides is 1. The highest BCUT2D eigenvalue weighted by atomic mass is 19.1. The summed E-state index contributed by atoms with van der Waals surface area (Å²) in [6, 6.07) is 8.00. The molecule has 1 N–H and O–H groups in total. The van der Waals surface area contributed by atoms with Gasteiger partial charge in [0.05, 0.1) is 6.04 Å². The number of nitrogens with one attached hydrogen (secondary N) is 1. The van der Waals surface area contributed by atoms with E-state index in [1.165, 1.54) is 12.1 Å². The van der Waals surface area contributed by atoms with Crippen molar-refractivity contribution in [1.82, 2.24) is 20.2 Å². The number of hydrogen-bond donors (Lipinski definition) is 1. The zero-order valence-electron chi connectivity index (χ0n) is 14.9. The number of anilines is 1. The number of piperazine rings is 1. The van der Waals surface area contributed by atoms with Gasteiger partial charge in [-0.15, -0.1) is 0 Å². The summed E-state index contributed by atoms with van der Waals surface area (Å²) in [5, 5.41) is 2.97. The fourth-order valence-corrected chi connectivity index (χ4v) is 3.06. The molecule has 1 aliphatic heterocycles. The number of carbonyl (C=O) groups excluding carboxylic acids is 1. The smallest absolute Gasteiger partial charge is 0.237 e. The Kier molecular flexibility index (Phi) is 6.12. The highest BCUT2D eigenvalue weighted by Crippen LogP contribution is 2.12. The van der Waals surface area contributed by atoms with Gasteiger partial charge in [-0.05, 0) is 37.1 Å². The van der Waals surface area contributed by atoms with Crippen LogP contribution in [0.25, 0.3) is 0 Å². The van der Waals surface area contributed by atoms with Gasteiger partial charge < -0.3 is 10.2 Å². The van der Waals surface area contributed by atoms with Gasteiger partial charge >= 0.3 is 0 Å². The summed E-state index contributed by atoms with van der Waals surface area (Å²) in [5.41, 5.74) is 1.01. The van der Waals surface area contributed by atoms with Crippen molar-refractivity contribution in [2.45, 2.75) is 19.4 Å². The van der Waals surface area contributed by atoms with Crippen LogP contribution in [0.3, 0.4) is 0 Å². The average molecular weight is 357 g/mol. The number of nitrogens with zero attached hydrogens (tertiary/aromatic N) is 4. The van der Waals surface area contributed by atoms with E-state index >= 15 is 0 Å². The van der Waals surface area contributed by atoms with Crippen molar-refractivity contribution in [3.8, 4) is 0 Å². The minimum Gasteiger partial charge on any atom is -0.354 e. The fraction of sp³-hybridized carbons (Fsp3) is 0.421. The van der Waals surface area contributed by atoms with Gasteiger partial charge in [-0.2, -0.15) is 0 Å². The first-order valence-corrected chi connectivity index (χ1v) is 8.91. The molecule has 7 heteroatoms. The van der Waals surface area contributed by atoms with E-state index in [-0.39, 0.29) is 17.8 Å². The van der Waals surface area contributed by atoms with E-state index in [1.807, 2.05) is 6.92 Å².